The highest BCUT2D eigenvalue weighted by Crippen LogP contribution is 2.36. The lowest BCUT2D eigenvalue weighted by atomic mass is 10.1. The maximum Gasteiger partial charge on any atom is 0.260 e. The molecule has 0 bridgehead atoms. The van der Waals surface area contributed by atoms with Crippen molar-refractivity contribution in [2.45, 2.75) is 0 Å². The molecule has 1 saturated heterocycles. The van der Waals surface area contributed by atoms with E-state index in [-0.39, 0.29) is 24.1 Å². The van der Waals surface area contributed by atoms with Gasteiger partial charge in [-0.3, -0.25) is 9.59 Å². The van der Waals surface area contributed by atoms with Crippen LogP contribution in [0, 0.1) is 0 Å². The average Bonchev–Trinajstić information content (AvgIpc) is 3.12. The summed E-state index contributed by atoms with van der Waals surface area (Å²) in [6.45, 7) is 3.06. The lowest BCUT2D eigenvalue weighted by molar-refractivity contribution is -0.134. The molecule has 8 nitrogen and oxygen atoms in total. The Bertz CT molecular complexity index is 1060. The van der Waals surface area contributed by atoms with Gasteiger partial charge < -0.3 is 28.7 Å². The van der Waals surface area contributed by atoms with Crippen LogP contribution >= 0.6 is 0 Å². The summed E-state index contributed by atoms with van der Waals surface area (Å²) in [4.78, 5) is 29.1. The van der Waals surface area contributed by atoms with E-state index in [1.807, 2.05) is 13.1 Å². The number of piperazine rings is 1. The van der Waals surface area contributed by atoms with Gasteiger partial charge in [0, 0.05) is 32.2 Å². The van der Waals surface area contributed by atoms with E-state index in [1.165, 1.54) is 0 Å². The number of benzene rings is 2. The van der Waals surface area contributed by atoms with Gasteiger partial charge in [0.25, 0.3) is 5.91 Å². The number of carbonyl (C=O) groups excluding carboxylic acids is 2. The Morgan fingerprint density at radius 3 is 2.50 bits per heavy atom. The second-order valence-corrected chi connectivity index (χ2v) is 7.68. The van der Waals surface area contributed by atoms with Crippen LogP contribution in [0.1, 0.15) is 15.9 Å². The van der Waals surface area contributed by atoms with E-state index in [1.54, 1.807) is 55.5 Å². The van der Waals surface area contributed by atoms with Gasteiger partial charge >= 0.3 is 0 Å². The van der Waals surface area contributed by atoms with Crippen molar-refractivity contribution in [2.24, 2.45) is 0 Å². The number of hydrogen-bond donors (Lipinski definition) is 0. The van der Waals surface area contributed by atoms with Crippen molar-refractivity contribution in [3.05, 3.63) is 53.3 Å². The molecule has 168 valence electrons. The molecule has 0 aromatic heterocycles. The number of hydrogen-bond acceptors (Lipinski definition) is 7. The van der Waals surface area contributed by atoms with Gasteiger partial charge in [-0.2, -0.15) is 0 Å². The third kappa shape index (κ3) is 4.55. The van der Waals surface area contributed by atoms with Gasteiger partial charge in [-0.05, 0) is 43.0 Å². The van der Waals surface area contributed by atoms with Gasteiger partial charge in [-0.15, -0.1) is 0 Å². The fraction of sp³-hybridized carbons (Fsp3) is 0.333. The number of fused-ring (bicyclic) bond motifs is 1. The number of carbonyl (C=O) groups is 2. The van der Waals surface area contributed by atoms with E-state index in [2.05, 4.69) is 4.90 Å². The number of allylic oxidation sites excluding steroid dienone is 1. The predicted molar refractivity (Wildman–Crippen MR) is 118 cm³/mol. The second kappa shape index (κ2) is 9.32. The predicted octanol–water partition coefficient (Wildman–Crippen LogP) is 2.47. The Kier molecular flexibility index (Phi) is 6.32. The summed E-state index contributed by atoms with van der Waals surface area (Å²) in [5.74, 6) is 1.99. The van der Waals surface area contributed by atoms with Crippen LogP contribution in [-0.2, 0) is 4.79 Å². The minimum atomic E-state index is -0.213. The molecule has 1 amide bonds. The van der Waals surface area contributed by atoms with Gasteiger partial charge in [-0.25, -0.2) is 0 Å². The lowest BCUT2D eigenvalue weighted by Gasteiger charge is -2.32. The quantitative estimate of drug-likeness (QED) is 0.641. The molecule has 2 aromatic rings. The van der Waals surface area contributed by atoms with E-state index in [4.69, 9.17) is 18.9 Å². The molecule has 0 N–H and O–H groups in total. The molecule has 32 heavy (non-hydrogen) atoms. The first-order valence-corrected chi connectivity index (χ1v) is 10.4. The highest BCUT2D eigenvalue weighted by molar-refractivity contribution is 6.14. The zero-order chi connectivity index (χ0) is 22.7. The molecule has 0 atom stereocenters. The van der Waals surface area contributed by atoms with Crippen LogP contribution in [0.15, 0.2) is 42.2 Å². The van der Waals surface area contributed by atoms with E-state index in [0.29, 0.717) is 41.7 Å². The van der Waals surface area contributed by atoms with Gasteiger partial charge in [-0.1, -0.05) is 6.07 Å². The van der Waals surface area contributed by atoms with Crippen LogP contribution in [0.2, 0.25) is 0 Å². The van der Waals surface area contributed by atoms with E-state index < -0.39 is 0 Å². The fourth-order valence-corrected chi connectivity index (χ4v) is 3.64. The summed E-state index contributed by atoms with van der Waals surface area (Å²) in [6.07, 6.45) is 1.65. The first kappa shape index (κ1) is 21.7. The largest absolute Gasteiger partial charge is 0.493 e. The minimum Gasteiger partial charge on any atom is -0.493 e. The Balaban J connectivity index is 1.43. The number of nitrogens with zero attached hydrogens (tertiary/aromatic N) is 2. The summed E-state index contributed by atoms with van der Waals surface area (Å²) >= 11 is 0. The van der Waals surface area contributed by atoms with Gasteiger partial charge in [0.05, 0.1) is 19.8 Å². The first-order chi connectivity index (χ1) is 15.5. The van der Waals surface area contributed by atoms with Crippen LogP contribution in [0.25, 0.3) is 6.08 Å². The van der Waals surface area contributed by atoms with Crippen molar-refractivity contribution in [2.75, 3.05) is 54.1 Å². The van der Waals surface area contributed by atoms with Crippen LogP contribution in [0.4, 0.5) is 0 Å². The van der Waals surface area contributed by atoms with Crippen molar-refractivity contribution in [3.63, 3.8) is 0 Å². The molecule has 8 heteroatoms. The number of Topliss-reactive ketones (excluding diaryl/α,β-unsaturated/α-hetero) is 1. The smallest absolute Gasteiger partial charge is 0.260 e. The molecule has 0 saturated carbocycles. The Morgan fingerprint density at radius 1 is 1.03 bits per heavy atom. The molecule has 2 aliphatic heterocycles. The molecule has 2 heterocycles. The molecular formula is C24H26N2O6. The first-order valence-electron chi connectivity index (χ1n) is 10.4. The van der Waals surface area contributed by atoms with Gasteiger partial charge in [0.2, 0.25) is 5.78 Å². The standard InChI is InChI=1S/C24H26N2O6/c1-25-8-10-26(11-9-25)23(27)15-31-17-5-6-18-20(14-17)32-22(24(18)28)13-16-4-7-19(29-2)21(12-16)30-3/h4-7,12-14H,8-11,15H2,1-3H3. The molecule has 0 unspecified atom stereocenters. The highest BCUT2D eigenvalue weighted by atomic mass is 16.5. The molecule has 4 rings (SSSR count). The fourth-order valence-electron chi connectivity index (χ4n) is 3.64. The minimum absolute atomic E-state index is 0.0508. The average molecular weight is 438 g/mol. The lowest BCUT2D eigenvalue weighted by Crippen LogP contribution is -2.48. The topological polar surface area (TPSA) is 77.5 Å². The van der Waals surface area contributed by atoms with E-state index in [0.717, 1.165) is 18.7 Å². The second-order valence-electron chi connectivity index (χ2n) is 7.68. The molecule has 0 radical (unpaired) electrons. The molecule has 0 aliphatic carbocycles. The molecule has 0 spiro atoms. The number of amides is 1. The number of rotatable bonds is 6. The van der Waals surface area contributed by atoms with Crippen LogP contribution in [0.3, 0.4) is 0 Å². The summed E-state index contributed by atoms with van der Waals surface area (Å²) in [7, 11) is 5.16. The molecule has 2 aliphatic rings. The number of ether oxygens (including phenoxy) is 4. The SMILES string of the molecule is COc1ccc(C=C2Oc3cc(OCC(=O)N4CCN(C)CC4)ccc3C2=O)cc1OC. The Labute approximate surface area is 186 Å². The third-order valence-electron chi connectivity index (χ3n) is 5.57. The Morgan fingerprint density at radius 2 is 1.78 bits per heavy atom. The molecular weight excluding hydrogens is 412 g/mol. The van der Waals surface area contributed by atoms with Crippen molar-refractivity contribution < 1.29 is 28.5 Å². The van der Waals surface area contributed by atoms with E-state index in [9.17, 15) is 9.59 Å². The third-order valence-corrected chi connectivity index (χ3v) is 5.57. The number of methoxy groups -OCH3 is 2. The zero-order valence-corrected chi connectivity index (χ0v) is 18.4. The summed E-state index contributed by atoms with van der Waals surface area (Å²) < 4.78 is 22.0. The molecule has 2 aromatic carbocycles. The van der Waals surface area contributed by atoms with Gasteiger partial charge in [0.1, 0.15) is 11.5 Å². The van der Waals surface area contributed by atoms with Crippen molar-refractivity contribution in [1.29, 1.82) is 0 Å². The van der Waals surface area contributed by atoms with Crippen LogP contribution < -0.4 is 18.9 Å². The van der Waals surface area contributed by atoms with Crippen LogP contribution in [-0.4, -0.2) is 75.5 Å². The summed E-state index contributed by atoms with van der Waals surface area (Å²) in [5, 5.41) is 0. The molecule has 1 fully saturated rings. The van der Waals surface area contributed by atoms with Crippen LogP contribution in [0.5, 0.6) is 23.0 Å². The van der Waals surface area contributed by atoms with Crippen molar-refractivity contribution in [1.82, 2.24) is 9.80 Å². The monoisotopic (exact) mass is 438 g/mol. The van der Waals surface area contributed by atoms with Gasteiger partial charge in [0.15, 0.2) is 23.9 Å². The Hall–Kier alpha value is -3.52. The van der Waals surface area contributed by atoms with Crippen molar-refractivity contribution in [3.8, 4) is 23.0 Å². The van der Waals surface area contributed by atoms with Crippen molar-refractivity contribution >= 4 is 17.8 Å². The maximum atomic E-state index is 12.7. The highest BCUT2D eigenvalue weighted by Gasteiger charge is 2.28. The van der Waals surface area contributed by atoms with E-state index >= 15 is 0 Å². The zero-order valence-electron chi connectivity index (χ0n) is 18.4. The summed E-state index contributed by atoms with van der Waals surface area (Å²) in [6, 6.07) is 10.3. The normalized spacial score (nSPS) is 17.2. The number of ketones is 1. The number of likely N-dealkylation sites (N-methyl/N-ethyl adjacent to an activating group) is 1. The maximum absolute atomic E-state index is 12.7. The summed E-state index contributed by atoms with van der Waals surface area (Å²) in [5.41, 5.74) is 1.20.